The Balaban J connectivity index is 1.83. The van der Waals surface area contributed by atoms with Gasteiger partial charge >= 0.3 is 5.97 Å². The lowest BCUT2D eigenvalue weighted by atomic mass is 9.78. The molecule has 0 unspecified atom stereocenters. The van der Waals surface area contributed by atoms with Gasteiger partial charge in [-0.15, -0.1) is 0 Å². The number of nitrogens with zero attached hydrogens (tertiary/aromatic N) is 3. The van der Waals surface area contributed by atoms with Crippen molar-refractivity contribution in [1.82, 2.24) is 9.55 Å². The maximum atomic E-state index is 13.9. The molecule has 1 amide bonds. The van der Waals surface area contributed by atoms with Gasteiger partial charge in [-0.2, -0.15) is 4.98 Å². The smallest absolute Gasteiger partial charge is 0.359 e. The largest absolute Gasteiger partial charge is 0.455 e. The average Bonchev–Trinajstić information content (AvgIpc) is 3.45. The lowest BCUT2D eigenvalue weighted by Gasteiger charge is -2.28. The van der Waals surface area contributed by atoms with Crippen molar-refractivity contribution >= 4 is 35.2 Å². The highest BCUT2D eigenvalue weighted by molar-refractivity contribution is 6.30. The molecule has 0 spiro atoms. The third-order valence-electron chi connectivity index (χ3n) is 6.39. The predicted molar refractivity (Wildman–Crippen MR) is 143 cm³/mol. The summed E-state index contributed by atoms with van der Waals surface area (Å²) in [6.07, 6.45) is 3.30. The fourth-order valence-electron chi connectivity index (χ4n) is 4.75. The second-order valence-electron chi connectivity index (χ2n) is 10.4. The fraction of sp³-hybridized carbons (Fsp3) is 0.393. The molecule has 190 valence electrons. The van der Waals surface area contributed by atoms with Crippen LogP contribution in [0, 0.1) is 0 Å². The molecule has 2 aromatic carbocycles. The first-order valence-corrected chi connectivity index (χ1v) is 12.6. The van der Waals surface area contributed by atoms with E-state index in [4.69, 9.17) is 21.3 Å². The van der Waals surface area contributed by atoms with E-state index in [1.54, 1.807) is 9.47 Å². The highest BCUT2D eigenvalue weighted by atomic mass is 35.5. The molecule has 0 atom stereocenters. The number of hydrogen-bond donors (Lipinski definition) is 1. The summed E-state index contributed by atoms with van der Waals surface area (Å²) in [4.78, 5) is 34.0. The van der Waals surface area contributed by atoms with E-state index in [1.807, 2.05) is 89.5 Å². The zero-order chi connectivity index (χ0) is 26.1. The molecule has 7 nitrogen and oxygen atoms in total. The minimum absolute atomic E-state index is 0.178. The Kier molecular flexibility index (Phi) is 7.14. The van der Waals surface area contributed by atoms with Gasteiger partial charge in [-0.05, 0) is 63.4 Å². The maximum Gasteiger partial charge on any atom is 0.359 e. The van der Waals surface area contributed by atoms with Crippen molar-refractivity contribution in [1.29, 1.82) is 0 Å². The number of para-hydroxylation sites is 1. The molecule has 1 heterocycles. The summed E-state index contributed by atoms with van der Waals surface area (Å²) in [6, 6.07) is 16.9. The molecule has 1 saturated carbocycles. The third kappa shape index (κ3) is 5.12. The molecular formula is C28H33ClN4O3. The van der Waals surface area contributed by atoms with Crippen LogP contribution < -0.4 is 10.2 Å². The Labute approximate surface area is 217 Å². The van der Waals surface area contributed by atoms with Crippen LogP contribution in [0.1, 0.15) is 62.5 Å². The first kappa shape index (κ1) is 25.8. The van der Waals surface area contributed by atoms with Crippen LogP contribution in [0.4, 0.5) is 11.8 Å². The number of rotatable bonds is 6. The topological polar surface area (TPSA) is 76.5 Å². The molecular weight excluding hydrogens is 476 g/mol. The van der Waals surface area contributed by atoms with Gasteiger partial charge in [-0.25, -0.2) is 4.79 Å². The molecule has 0 aliphatic heterocycles. The second kappa shape index (κ2) is 9.97. The Morgan fingerprint density at radius 3 is 2.19 bits per heavy atom. The molecule has 1 fully saturated rings. The molecule has 1 N–H and O–H groups in total. The van der Waals surface area contributed by atoms with Crippen molar-refractivity contribution in [2.75, 3.05) is 24.3 Å². The first-order valence-electron chi connectivity index (χ1n) is 12.2. The minimum atomic E-state index is -0.724. The number of hydrogen-bond acceptors (Lipinski definition) is 5. The lowest BCUT2D eigenvalue weighted by molar-refractivity contribution is -0.121. The number of aromatic nitrogens is 2. The summed E-state index contributed by atoms with van der Waals surface area (Å²) in [5.74, 6) is -0.0595. The average molecular weight is 509 g/mol. The van der Waals surface area contributed by atoms with Crippen molar-refractivity contribution in [2.24, 2.45) is 0 Å². The number of esters is 1. The quantitative estimate of drug-likeness (QED) is 0.413. The van der Waals surface area contributed by atoms with Crippen LogP contribution in [0.25, 0.3) is 5.69 Å². The molecule has 8 heteroatoms. The van der Waals surface area contributed by atoms with Crippen LogP contribution in [0.2, 0.25) is 5.02 Å². The number of nitrogens with one attached hydrogen (secondary N) is 1. The molecule has 0 saturated heterocycles. The van der Waals surface area contributed by atoms with Crippen LogP contribution in [0.5, 0.6) is 0 Å². The highest BCUT2D eigenvalue weighted by Gasteiger charge is 2.44. The van der Waals surface area contributed by atoms with Crippen molar-refractivity contribution in [3.8, 4) is 5.69 Å². The predicted octanol–water partition coefficient (Wildman–Crippen LogP) is 6.00. The van der Waals surface area contributed by atoms with Crippen molar-refractivity contribution in [2.45, 2.75) is 57.5 Å². The normalized spacial score (nSPS) is 14.9. The Morgan fingerprint density at radius 2 is 1.64 bits per heavy atom. The number of carbonyl (C=O) groups excluding carboxylic acids is 2. The lowest BCUT2D eigenvalue weighted by Crippen LogP contribution is -2.38. The van der Waals surface area contributed by atoms with E-state index in [0.29, 0.717) is 23.8 Å². The van der Waals surface area contributed by atoms with Gasteiger partial charge in [0.15, 0.2) is 11.5 Å². The summed E-state index contributed by atoms with van der Waals surface area (Å²) < 4.78 is 7.49. The highest BCUT2D eigenvalue weighted by Crippen LogP contribution is 2.43. The number of ether oxygens (including phenoxy) is 1. The van der Waals surface area contributed by atoms with E-state index >= 15 is 0 Å². The molecule has 1 aliphatic carbocycles. The summed E-state index contributed by atoms with van der Waals surface area (Å²) in [5.41, 5.74) is 0.389. The molecule has 0 radical (unpaired) electrons. The monoisotopic (exact) mass is 508 g/mol. The Morgan fingerprint density at radius 1 is 1.03 bits per heavy atom. The van der Waals surface area contributed by atoms with Gasteiger partial charge in [-0.1, -0.05) is 54.8 Å². The first-order chi connectivity index (χ1) is 17.0. The fourth-order valence-corrected chi connectivity index (χ4v) is 4.88. The molecule has 0 bridgehead atoms. The summed E-state index contributed by atoms with van der Waals surface area (Å²) >= 11 is 6.12. The SMILES string of the molecule is CN(C)c1nc(NC(=O)C2(c3ccc(Cl)cc3)CCCC2)c(C(=O)OC(C)(C)C)n1-c1ccccc1. The number of halogens is 1. The molecule has 1 aromatic heterocycles. The van der Waals surface area contributed by atoms with Gasteiger partial charge in [0, 0.05) is 24.8 Å². The number of imidazole rings is 1. The summed E-state index contributed by atoms with van der Waals surface area (Å²) in [6.45, 7) is 5.44. The van der Waals surface area contributed by atoms with E-state index in [1.165, 1.54) is 0 Å². The van der Waals surface area contributed by atoms with Crippen molar-refractivity contribution in [3.05, 3.63) is 70.9 Å². The standard InChI is InChI=1S/C28H33ClN4O3/c1-27(2,3)36-24(34)22-23(31-26(32(4)5)33(22)21-11-7-6-8-12-21)30-25(35)28(17-9-10-18-28)19-13-15-20(29)16-14-19/h6-8,11-16H,9-10,17-18H2,1-5H3,(H,30,35). The molecule has 3 aromatic rings. The van der Waals surface area contributed by atoms with E-state index in [9.17, 15) is 9.59 Å². The van der Waals surface area contributed by atoms with Crippen LogP contribution in [0.15, 0.2) is 54.6 Å². The van der Waals surface area contributed by atoms with Crippen LogP contribution in [0.3, 0.4) is 0 Å². The van der Waals surface area contributed by atoms with Crippen LogP contribution >= 0.6 is 11.6 Å². The van der Waals surface area contributed by atoms with Crippen molar-refractivity contribution < 1.29 is 14.3 Å². The number of benzene rings is 2. The number of anilines is 2. The molecule has 4 rings (SSSR count). The molecule has 1 aliphatic rings. The van der Waals surface area contributed by atoms with Gasteiger partial charge < -0.3 is 15.0 Å². The van der Waals surface area contributed by atoms with E-state index < -0.39 is 17.0 Å². The van der Waals surface area contributed by atoms with Crippen molar-refractivity contribution in [3.63, 3.8) is 0 Å². The van der Waals surface area contributed by atoms with Gasteiger partial charge in [0.1, 0.15) is 5.60 Å². The van der Waals surface area contributed by atoms with E-state index in [0.717, 1.165) is 24.1 Å². The van der Waals surface area contributed by atoms with Gasteiger partial charge in [-0.3, -0.25) is 9.36 Å². The van der Waals surface area contributed by atoms with Gasteiger partial charge in [0.2, 0.25) is 11.9 Å². The zero-order valence-electron chi connectivity index (χ0n) is 21.5. The van der Waals surface area contributed by atoms with Gasteiger partial charge in [0.05, 0.1) is 5.41 Å². The van der Waals surface area contributed by atoms with E-state index in [2.05, 4.69) is 5.32 Å². The van der Waals surface area contributed by atoms with Crippen LogP contribution in [-0.4, -0.2) is 41.1 Å². The van der Waals surface area contributed by atoms with E-state index in [-0.39, 0.29) is 17.4 Å². The third-order valence-corrected chi connectivity index (χ3v) is 6.64. The zero-order valence-corrected chi connectivity index (χ0v) is 22.2. The summed E-state index contributed by atoms with van der Waals surface area (Å²) in [5, 5.41) is 3.65. The Hall–Kier alpha value is -3.32. The molecule has 36 heavy (non-hydrogen) atoms. The van der Waals surface area contributed by atoms with Crippen LogP contribution in [-0.2, 0) is 14.9 Å². The second-order valence-corrected chi connectivity index (χ2v) is 10.9. The minimum Gasteiger partial charge on any atom is -0.455 e. The van der Waals surface area contributed by atoms with Gasteiger partial charge in [0.25, 0.3) is 0 Å². The summed E-state index contributed by atoms with van der Waals surface area (Å²) in [7, 11) is 3.69. The number of amides is 1. The Bertz CT molecular complexity index is 1240. The maximum absolute atomic E-state index is 13.9. The number of carbonyl (C=O) groups is 2.